The highest BCUT2D eigenvalue weighted by molar-refractivity contribution is 7.84. The summed E-state index contributed by atoms with van der Waals surface area (Å²) in [4.78, 5) is 4.19. The maximum atomic E-state index is 14.7. The molecule has 0 bridgehead atoms. The minimum absolute atomic E-state index is 0.103. The van der Waals surface area contributed by atoms with Crippen molar-refractivity contribution in [1.82, 2.24) is 14.3 Å². The summed E-state index contributed by atoms with van der Waals surface area (Å²) >= 11 is 0. The molecule has 0 amide bonds. The fourth-order valence-corrected chi connectivity index (χ4v) is 4.11. The normalized spacial score (nSPS) is 14.7. The van der Waals surface area contributed by atoms with Gasteiger partial charge in [-0.2, -0.15) is 5.26 Å². The van der Waals surface area contributed by atoms with Crippen LogP contribution in [0.1, 0.15) is 43.2 Å². The summed E-state index contributed by atoms with van der Waals surface area (Å²) in [7, 11) is 0.174. The number of hydrogen-bond donors (Lipinski definition) is 1. The molecule has 1 unspecified atom stereocenters. The molecule has 0 radical (unpaired) electrons. The Labute approximate surface area is 177 Å². The van der Waals surface area contributed by atoms with Crippen LogP contribution in [0.15, 0.2) is 55.0 Å². The molecule has 5 nitrogen and oxygen atoms in total. The van der Waals surface area contributed by atoms with E-state index in [4.69, 9.17) is 5.26 Å². The van der Waals surface area contributed by atoms with Gasteiger partial charge in [-0.05, 0) is 56.2 Å². The van der Waals surface area contributed by atoms with Crippen molar-refractivity contribution in [2.75, 3.05) is 0 Å². The zero-order chi connectivity index (χ0) is 22.1. The van der Waals surface area contributed by atoms with Gasteiger partial charge in [0.05, 0.1) is 39.5 Å². The van der Waals surface area contributed by atoms with Gasteiger partial charge in [0, 0.05) is 7.05 Å². The van der Waals surface area contributed by atoms with Crippen molar-refractivity contribution < 1.29 is 13.0 Å². The van der Waals surface area contributed by atoms with E-state index in [1.54, 1.807) is 42.3 Å². The van der Waals surface area contributed by atoms with Gasteiger partial charge in [0.15, 0.2) is 0 Å². The highest BCUT2D eigenvalue weighted by Crippen LogP contribution is 2.38. The zero-order valence-corrected chi connectivity index (χ0v) is 17.9. The summed E-state index contributed by atoms with van der Waals surface area (Å²) in [5, 5.41) is 9.13. The molecular formula is C22H22F2N4OS. The molecule has 3 rings (SSSR count). The Morgan fingerprint density at radius 2 is 1.73 bits per heavy atom. The van der Waals surface area contributed by atoms with E-state index in [2.05, 4.69) is 9.71 Å². The summed E-state index contributed by atoms with van der Waals surface area (Å²) in [6.07, 6.45) is 3.17. The first kappa shape index (κ1) is 21.8. The molecule has 0 aliphatic heterocycles. The third-order valence-corrected chi connectivity index (χ3v) is 6.41. The Morgan fingerprint density at radius 3 is 2.23 bits per heavy atom. The van der Waals surface area contributed by atoms with Crippen LogP contribution >= 0.6 is 0 Å². The molecule has 0 aliphatic carbocycles. The molecule has 0 saturated carbocycles. The number of nitriles is 1. The van der Waals surface area contributed by atoms with Gasteiger partial charge in [-0.1, -0.05) is 18.2 Å². The first-order valence-electron chi connectivity index (χ1n) is 9.22. The molecule has 0 saturated heterocycles. The molecule has 1 N–H and O–H groups in total. The van der Waals surface area contributed by atoms with Gasteiger partial charge in [-0.3, -0.25) is 0 Å². The molecule has 156 valence electrons. The van der Waals surface area contributed by atoms with Crippen molar-refractivity contribution in [2.45, 2.75) is 31.1 Å². The lowest BCUT2D eigenvalue weighted by Crippen LogP contribution is -2.50. The number of benzene rings is 2. The van der Waals surface area contributed by atoms with Crippen molar-refractivity contribution in [2.24, 2.45) is 7.05 Å². The van der Waals surface area contributed by atoms with Crippen molar-refractivity contribution in [3.05, 3.63) is 89.0 Å². The van der Waals surface area contributed by atoms with Crippen LogP contribution in [0.2, 0.25) is 0 Å². The largest absolute Gasteiger partial charge is 0.335 e. The summed E-state index contributed by atoms with van der Waals surface area (Å²) in [5.74, 6) is -1.13. The van der Waals surface area contributed by atoms with Gasteiger partial charge in [0.1, 0.15) is 23.2 Å². The van der Waals surface area contributed by atoms with Gasteiger partial charge in [0.2, 0.25) is 0 Å². The van der Waals surface area contributed by atoms with E-state index in [1.807, 2.05) is 26.8 Å². The number of nitrogens with zero attached hydrogens (tertiary/aromatic N) is 3. The van der Waals surface area contributed by atoms with Crippen LogP contribution in [0, 0.1) is 23.0 Å². The van der Waals surface area contributed by atoms with Crippen molar-refractivity contribution in [3.8, 4) is 6.07 Å². The van der Waals surface area contributed by atoms with Crippen molar-refractivity contribution in [3.63, 3.8) is 0 Å². The van der Waals surface area contributed by atoms with E-state index in [-0.39, 0.29) is 5.56 Å². The monoisotopic (exact) mass is 428 g/mol. The average Bonchev–Trinajstić information content (AvgIpc) is 3.12. The van der Waals surface area contributed by atoms with E-state index >= 15 is 0 Å². The molecule has 2 atom stereocenters. The number of aromatic nitrogens is 2. The first-order chi connectivity index (χ1) is 14.1. The molecule has 1 heterocycles. The summed E-state index contributed by atoms with van der Waals surface area (Å²) in [6.45, 7) is 5.44. The van der Waals surface area contributed by atoms with Crippen LogP contribution in [-0.2, 0) is 23.6 Å². The third kappa shape index (κ3) is 3.91. The average molecular weight is 429 g/mol. The number of imidazole rings is 1. The minimum Gasteiger partial charge on any atom is -0.335 e. The van der Waals surface area contributed by atoms with Crippen LogP contribution in [0.5, 0.6) is 0 Å². The molecular weight excluding hydrogens is 406 g/mol. The van der Waals surface area contributed by atoms with E-state index in [0.717, 1.165) is 0 Å². The fraction of sp³-hybridized carbons (Fsp3) is 0.273. The Morgan fingerprint density at radius 1 is 1.10 bits per heavy atom. The molecule has 3 aromatic rings. The number of hydrogen-bond acceptors (Lipinski definition) is 3. The molecule has 0 fully saturated rings. The number of rotatable bonds is 5. The van der Waals surface area contributed by atoms with Gasteiger partial charge >= 0.3 is 0 Å². The molecule has 8 heteroatoms. The van der Waals surface area contributed by atoms with Gasteiger partial charge in [-0.25, -0.2) is 22.7 Å². The second kappa shape index (κ2) is 8.09. The maximum Gasteiger partial charge on any atom is 0.141 e. The standard InChI is InChI=1S/C22H22F2N4OS/c1-21(2,3)30(29)27-22(20-13-26-14-28(20)4,16-7-9-18(23)10-8-16)17-6-5-15(12-25)19(24)11-17/h5-11,13-14,27H,1-4H3/t22?,30-/m0/s1. The highest BCUT2D eigenvalue weighted by atomic mass is 32.2. The van der Waals surface area contributed by atoms with E-state index in [9.17, 15) is 13.0 Å². The molecule has 1 aromatic heterocycles. The Kier molecular flexibility index (Phi) is 5.88. The highest BCUT2D eigenvalue weighted by Gasteiger charge is 2.42. The minimum atomic E-state index is -1.59. The fourth-order valence-electron chi connectivity index (χ4n) is 3.18. The number of nitrogens with one attached hydrogen (secondary N) is 1. The molecule has 30 heavy (non-hydrogen) atoms. The predicted molar refractivity (Wildman–Crippen MR) is 112 cm³/mol. The lowest BCUT2D eigenvalue weighted by molar-refractivity contribution is 0.520. The second-order valence-corrected chi connectivity index (χ2v) is 9.90. The Bertz CT molecular complexity index is 1130. The predicted octanol–water partition coefficient (Wildman–Crippen LogP) is 3.91. The van der Waals surface area contributed by atoms with Crippen LogP contribution < -0.4 is 4.72 Å². The van der Waals surface area contributed by atoms with Gasteiger partial charge in [0.25, 0.3) is 0 Å². The lowest BCUT2D eigenvalue weighted by Gasteiger charge is -2.38. The van der Waals surface area contributed by atoms with Gasteiger partial charge in [-0.15, -0.1) is 0 Å². The Balaban J connectivity index is 2.39. The molecule has 0 aliphatic rings. The third-order valence-electron chi connectivity index (χ3n) is 4.80. The van der Waals surface area contributed by atoms with Crippen molar-refractivity contribution in [1.29, 1.82) is 5.26 Å². The summed E-state index contributed by atoms with van der Waals surface area (Å²) < 4.78 is 45.9. The molecule has 2 aromatic carbocycles. The zero-order valence-electron chi connectivity index (χ0n) is 17.1. The van der Waals surface area contributed by atoms with Crippen LogP contribution in [0.25, 0.3) is 0 Å². The van der Waals surface area contributed by atoms with Gasteiger partial charge < -0.3 is 4.57 Å². The summed E-state index contributed by atoms with van der Waals surface area (Å²) in [6, 6.07) is 11.7. The second-order valence-electron chi connectivity index (χ2n) is 7.94. The quantitative estimate of drug-likeness (QED) is 0.670. The number of aryl methyl sites for hydroxylation is 1. The molecule has 0 spiro atoms. The van der Waals surface area contributed by atoms with E-state index in [0.29, 0.717) is 16.8 Å². The maximum absolute atomic E-state index is 14.7. The summed E-state index contributed by atoms with van der Waals surface area (Å²) in [5.41, 5.74) is 0.122. The topological polar surface area (TPSA) is 70.7 Å². The smallest absolute Gasteiger partial charge is 0.141 e. The Hall–Kier alpha value is -2.89. The van der Waals surface area contributed by atoms with Crippen LogP contribution in [0.4, 0.5) is 8.78 Å². The van der Waals surface area contributed by atoms with E-state index < -0.39 is 32.9 Å². The lowest BCUT2D eigenvalue weighted by atomic mass is 9.80. The first-order valence-corrected chi connectivity index (χ1v) is 10.4. The number of halogens is 2. The van der Waals surface area contributed by atoms with Crippen LogP contribution in [0.3, 0.4) is 0 Å². The van der Waals surface area contributed by atoms with Crippen LogP contribution in [-0.4, -0.2) is 18.5 Å². The SMILES string of the molecule is Cn1cncc1C(N[S@@](=O)C(C)(C)C)(c1ccc(F)cc1)c1ccc(C#N)c(F)c1. The van der Waals surface area contributed by atoms with E-state index in [1.165, 1.54) is 24.3 Å². The van der Waals surface area contributed by atoms with Crippen molar-refractivity contribution >= 4 is 11.0 Å².